The molecule has 3 N–H and O–H groups in total. The first-order valence-corrected chi connectivity index (χ1v) is 8.71. The number of rotatable bonds is 7. The summed E-state index contributed by atoms with van der Waals surface area (Å²) >= 11 is 0. The Morgan fingerprint density at radius 1 is 1.48 bits per heavy atom. The molecule has 1 saturated heterocycles. The van der Waals surface area contributed by atoms with Gasteiger partial charge in [0.15, 0.2) is 5.96 Å². The number of nitrogens with zero attached hydrogens (tertiary/aromatic N) is 2. The summed E-state index contributed by atoms with van der Waals surface area (Å²) in [6.45, 7) is 12.3. The summed E-state index contributed by atoms with van der Waals surface area (Å²) in [6, 6.07) is 3.94. The van der Waals surface area contributed by atoms with Crippen LogP contribution < -0.4 is 10.6 Å². The third-order valence-corrected chi connectivity index (χ3v) is 4.06. The number of halogens is 1. The highest BCUT2D eigenvalue weighted by Gasteiger charge is 2.20. The second kappa shape index (κ2) is 11.5. The SMILES string of the molecule is C=C(C)CN1CCC(NC(=NCC(O)c2ccco2)NCC)CC1.I. The Labute approximate surface area is 167 Å². The highest BCUT2D eigenvalue weighted by molar-refractivity contribution is 14.0. The maximum atomic E-state index is 10.1. The first-order chi connectivity index (χ1) is 11.6. The summed E-state index contributed by atoms with van der Waals surface area (Å²) in [5.41, 5.74) is 1.21. The van der Waals surface area contributed by atoms with E-state index in [4.69, 9.17) is 4.42 Å². The molecule has 2 rings (SSSR count). The Hall–Kier alpha value is -1.06. The number of guanidine groups is 1. The minimum Gasteiger partial charge on any atom is -0.467 e. The largest absolute Gasteiger partial charge is 0.467 e. The Morgan fingerprint density at radius 2 is 2.20 bits per heavy atom. The van der Waals surface area contributed by atoms with E-state index in [1.165, 1.54) is 5.57 Å². The summed E-state index contributed by atoms with van der Waals surface area (Å²) in [4.78, 5) is 6.92. The first kappa shape index (κ1) is 22.0. The van der Waals surface area contributed by atoms with Gasteiger partial charge in [-0.1, -0.05) is 12.2 Å². The van der Waals surface area contributed by atoms with E-state index in [2.05, 4.69) is 34.0 Å². The molecule has 1 unspecified atom stereocenters. The van der Waals surface area contributed by atoms with E-state index in [0.717, 1.165) is 45.0 Å². The van der Waals surface area contributed by atoms with Gasteiger partial charge in [-0.15, -0.1) is 24.0 Å². The molecule has 0 amide bonds. The molecule has 0 aliphatic carbocycles. The van der Waals surface area contributed by atoms with E-state index in [-0.39, 0.29) is 30.5 Å². The van der Waals surface area contributed by atoms with Gasteiger partial charge in [0.2, 0.25) is 0 Å². The molecule has 0 saturated carbocycles. The van der Waals surface area contributed by atoms with Crippen LogP contribution in [0.1, 0.15) is 38.6 Å². The average molecular weight is 462 g/mol. The average Bonchev–Trinajstić information content (AvgIpc) is 3.08. The zero-order valence-corrected chi connectivity index (χ0v) is 17.5. The molecule has 25 heavy (non-hydrogen) atoms. The van der Waals surface area contributed by atoms with E-state index in [9.17, 15) is 5.11 Å². The quantitative estimate of drug-likeness (QED) is 0.252. The van der Waals surface area contributed by atoms with Crippen LogP contribution in [-0.2, 0) is 0 Å². The monoisotopic (exact) mass is 462 g/mol. The number of furan rings is 1. The molecule has 1 aliphatic heterocycles. The third kappa shape index (κ3) is 7.79. The van der Waals surface area contributed by atoms with Crippen LogP contribution in [0.5, 0.6) is 0 Å². The molecule has 1 aliphatic rings. The van der Waals surface area contributed by atoms with Crippen molar-refractivity contribution in [1.29, 1.82) is 0 Å². The van der Waals surface area contributed by atoms with Gasteiger partial charge in [-0.3, -0.25) is 9.89 Å². The summed E-state index contributed by atoms with van der Waals surface area (Å²) < 4.78 is 5.21. The van der Waals surface area contributed by atoms with E-state index in [1.54, 1.807) is 18.4 Å². The topological polar surface area (TPSA) is 73.0 Å². The van der Waals surface area contributed by atoms with Gasteiger partial charge in [0.25, 0.3) is 0 Å². The predicted octanol–water partition coefficient (Wildman–Crippen LogP) is 2.53. The molecule has 6 nitrogen and oxygen atoms in total. The summed E-state index contributed by atoms with van der Waals surface area (Å²) in [5.74, 6) is 1.30. The predicted molar refractivity (Wildman–Crippen MR) is 112 cm³/mol. The first-order valence-electron chi connectivity index (χ1n) is 8.71. The van der Waals surface area contributed by atoms with Crippen LogP contribution in [0, 0.1) is 0 Å². The van der Waals surface area contributed by atoms with Crippen molar-refractivity contribution in [2.45, 2.75) is 38.8 Å². The van der Waals surface area contributed by atoms with E-state index in [0.29, 0.717) is 11.8 Å². The van der Waals surface area contributed by atoms with Crippen molar-refractivity contribution in [3.8, 4) is 0 Å². The summed E-state index contributed by atoms with van der Waals surface area (Å²) in [5, 5.41) is 16.8. The minimum atomic E-state index is -0.715. The highest BCUT2D eigenvalue weighted by Crippen LogP contribution is 2.14. The van der Waals surface area contributed by atoms with Gasteiger partial charge in [0.1, 0.15) is 11.9 Å². The van der Waals surface area contributed by atoms with Crippen molar-refractivity contribution in [3.05, 3.63) is 36.3 Å². The van der Waals surface area contributed by atoms with Crippen LogP contribution in [0.25, 0.3) is 0 Å². The second-order valence-corrected chi connectivity index (χ2v) is 6.40. The van der Waals surface area contributed by atoms with Gasteiger partial charge in [-0.05, 0) is 38.8 Å². The summed E-state index contributed by atoms with van der Waals surface area (Å²) in [6.07, 6.45) is 3.01. The molecule has 1 atom stereocenters. The Balaban J connectivity index is 0.00000312. The van der Waals surface area contributed by atoms with Gasteiger partial charge in [-0.25, -0.2) is 0 Å². The number of hydrogen-bond acceptors (Lipinski definition) is 4. The fourth-order valence-corrected chi connectivity index (χ4v) is 2.88. The lowest BCUT2D eigenvalue weighted by Gasteiger charge is -2.33. The van der Waals surface area contributed by atoms with Crippen molar-refractivity contribution < 1.29 is 9.52 Å². The summed E-state index contributed by atoms with van der Waals surface area (Å²) in [7, 11) is 0. The lowest BCUT2D eigenvalue weighted by molar-refractivity contribution is 0.158. The van der Waals surface area contributed by atoms with Crippen molar-refractivity contribution in [2.24, 2.45) is 4.99 Å². The number of hydrogen-bond donors (Lipinski definition) is 3. The zero-order chi connectivity index (χ0) is 17.4. The fourth-order valence-electron chi connectivity index (χ4n) is 2.88. The molecule has 1 aromatic rings. The van der Waals surface area contributed by atoms with E-state index in [1.807, 2.05) is 6.92 Å². The Bertz CT molecular complexity index is 525. The number of aliphatic hydroxyl groups excluding tert-OH is 1. The van der Waals surface area contributed by atoms with Crippen LogP contribution in [0.4, 0.5) is 0 Å². The van der Waals surface area contributed by atoms with Crippen LogP contribution >= 0.6 is 24.0 Å². The number of likely N-dealkylation sites (tertiary alicyclic amines) is 1. The van der Waals surface area contributed by atoms with Crippen molar-refractivity contribution in [2.75, 3.05) is 32.7 Å². The fraction of sp³-hybridized carbons (Fsp3) is 0.611. The van der Waals surface area contributed by atoms with E-state index < -0.39 is 6.10 Å². The van der Waals surface area contributed by atoms with Crippen LogP contribution in [0.3, 0.4) is 0 Å². The molecule has 1 aromatic heterocycles. The molecule has 0 bridgehead atoms. The lowest BCUT2D eigenvalue weighted by Crippen LogP contribution is -2.49. The molecule has 0 radical (unpaired) electrons. The van der Waals surface area contributed by atoms with E-state index >= 15 is 0 Å². The Kier molecular flexibility index (Phi) is 10.1. The lowest BCUT2D eigenvalue weighted by atomic mass is 10.0. The molecule has 1 fully saturated rings. The number of aliphatic imine (C=N–C) groups is 1. The molecule has 142 valence electrons. The zero-order valence-electron chi connectivity index (χ0n) is 15.2. The van der Waals surface area contributed by atoms with Crippen LogP contribution in [0.15, 0.2) is 40.0 Å². The van der Waals surface area contributed by atoms with Crippen molar-refractivity contribution in [1.82, 2.24) is 15.5 Å². The van der Waals surface area contributed by atoms with Crippen molar-refractivity contribution >= 4 is 29.9 Å². The maximum absolute atomic E-state index is 10.1. The smallest absolute Gasteiger partial charge is 0.191 e. The normalized spacial score (nSPS) is 17.6. The highest BCUT2D eigenvalue weighted by atomic mass is 127. The minimum absolute atomic E-state index is 0. The molecular weight excluding hydrogens is 431 g/mol. The molecule has 0 aromatic carbocycles. The van der Waals surface area contributed by atoms with Gasteiger partial charge >= 0.3 is 0 Å². The van der Waals surface area contributed by atoms with Gasteiger partial charge in [0.05, 0.1) is 12.8 Å². The molecule has 2 heterocycles. The van der Waals surface area contributed by atoms with Gasteiger partial charge in [-0.2, -0.15) is 0 Å². The number of aliphatic hydroxyl groups is 1. The van der Waals surface area contributed by atoms with Crippen molar-refractivity contribution in [3.63, 3.8) is 0 Å². The Morgan fingerprint density at radius 3 is 2.76 bits per heavy atom. The standard InChI is InChI=1S/C18H30N4O2.HI/c1-4-19-18(20-12-16(23)17-6-5-11-24-17)21-15-7-9-22(10-8-15)13-14(2)3;/h5-6,11,15-16,23H,2,4,7-10,12-13H2,1,3H3,(H2,19,20,21);1H. The maximum Gasteiger partial charge on any atom is 0.191 e. The van der Waals surface area contributed by atoms with Crippen LogP contribution in [-0.4, -0.2) is 54.7 Å². The third-order valence-electron chi connectivity index (χ3n) is 4.06. The van der Waals surface area contributed by atoms with Crippen LogP contribution in [0.2, 0.25) is 0 Å². The number of piperidine rings is 1. The number of nitrogens with one attached hydrogen (secondary N) is 2. The van der Waals surface area contributed by atoms with Gasteiger partial charge < -0.3 is 20.2 Å². The molecular formula is C18H31IN4O2. The second-order valence-electron chi connectivity index (χ2n) is 6.40. The molecule has 0 spiro atoms. The molecule has 7 heteroatoms. The van der Waals surface area contributed by atoms with Gasteiger partial charge in [0, 0.05) is 32.2 Å².